The predicted octanol–water partition coefficient (Wildman–Crippen LogP) is 4.73. The van der Waals surface area contributed by atoms with Crippen molar-refractivity contribution in [2.45, 2.75) is 13.8 Å². The molecule has 4 aromatic rings. The van der Waals surface area contributed by atoms with Crippen LogP contribution in [0.5, 0.6) is 0 Å². The van der Waals surface area contributed by atoms with Crippen LogP contribution in [0.2, 0.25) is 0 Å². The third-order valence-corrected chi connectivity index (χ3v) is 4.52. The summed E-state index contributed by atoms with van der Waals surface area (Å²) in [6.07, 6.45) is 1.38. The topological polar surface area (TPSA) is 106 Å². The Balaban J connectivity index is 1.56. The summed E-state index contributed by atoms with van der Waals surface area (Å²) >= 11 is 0. The van der Waals surface area contributed by atoms with Crippen molar-refractivity contribution >= 4 is 34.3 Å². The summed E-state index contributed by atoms with van der Waals surface area (Å²) in [6, 6.07) is 14.7. The van der Waals surface area contributed by atoms with Crippen molar-refractivity contribution in [3.63, 3.8) is 0 Å². The van der Waals surface area contributed by atoms with Crippen LogP contribution in [0.3, 0.4) is 0 Å². The van der Waals surface area contributed by atoms with E-state index in [4.69, 9.17) is 10.2 Å². The number of carbonyl (C=O) groups excluding carboxylic acids is 1. The Morgan fingerprint density at radius 1 is 1.00 bits per heavy atom. The number of furan rings is 1. The minimum absolute atomic E-state index is 0.301. The van der Waals surface area contributed by atoms with Crippen molar-refractivity contribution in [3.05, 3.63) is 66.2 Å². The van der Waals surface area contributed by atoms with Gasteiger partial charge in [0.1, 0.15) is 17.9 Å². The standard InChI is InChI=1S/C21H19N5O2/c1-12-5-3-4-6-16(12)26-21(27)25-15-9-7-14(8-10-15)17-13(2)28-20-18(17)19(22)23-11-24-20/h3-11H,1-2H3,(H2,22,23,24)(H2,25,26,27). The number of aryl methyl sites for hydroxylation is 2. The van der Waals surface area contributed by atoms with Crippen LogP contribution in [0.4, 0.5) is 22.0 Å². The molecule has 2 aromatic carbocycles. The Morgan fingerprint density at radius 3 is 2.50 bits per heavy atom. The Morgan fingerprint density at radius 2 is 1.75 bits per heavy atom. The molecule has 2 heterocycles. The number of fused-ring (bicyclic) bond motifs is 1. The zero-order chi connectivity index (χ0) is 19.7. The van der Waals surface area contributed by atoms with Gasteiger partial charge in [-0.25, -0.2) is 14.8 Å². The number of carbonyl (C=O) groups is 1. The van der Waals surface area contributed by atoms with Gasteiger partial charge in [0, 0.05) is 16.9 Å². The van der Waals surface area contributed by atoms with Gasteiger partial charge in [-0.15, -0.1) is 0 Å². The highest BCUT2D eigenvalue weighted by Gasteiger charge is 2.17. The third-order valence-electron chi connectivity index (χ3n) is 4.52. The number of nitrogens with zero attached hydrogens (tertiary/aromatic N) is 2. The fourth-order valence-corrected chi connectivity index (χ4v) is 3.13. The first kappa shape index (κ1) is 17.5. The van der Waals surface area contributed by atoms with E-state index >= 15 is 0 Å². The van der Waals surface area contributed by atoms with E-state index in [9.17, 15) is 4.79 Å². The molecule has 7 nitrogen and oxygen atoms in total. The van der Waals surface area contributed by atoms with Gasteiger partial charge in [-0.1, -0.05) is 30.3 Å². The van der Waals surface area contributed by atoms with Crippen LogP contribution in [0, 0.1) is 13.8 Å². The minimum Gasteiger partial charge on any atom is -0.442 e. The number of rotatable bonds is 3. The summed E-state index contributed by atoms with van der Waals surface area (Å²) in [5.74, 6) is 1.08. The van der Waals surface area contributed by atoms with Gasteiger partial charge in [-0.2, -0.15) is 0 Å². The van der Waals surface area contributed by atoms with E-state index in [2.05, 4.69) is 20.6 Å². The highest BCUT2D eigenvalue weighted by Crippen LogP contribution is 2.36. The van der Waals surface area contributed by atoms with Crippen molar-refractivity contribution in [1.82, 2.24) is 9.97 Å². The molecule has 0 unspecified atom stereocenters. The van der Waals surface area contributed by atoms with Crippen LogP contribution < -0.4 is 16.4 Å². The largest absolute Gasteiger partial charge is 0.442 e. The molecule has 0 radical (unpaired) electrons. The van der Waals surface area contributed by atoms with Gasteiger partial charge >= 0.3 is 6.03 Å². The number of benzene rings is 2. The summed E-state index contributed by atoms with van der Waals surface area (Å²) in [6.45, 7) is 3.80. The fourth-order valence-electron chi connectivity index (χ4n) is 3.13. The van der Waals surface area contributed by atoms with Gasteiger partial charge in [-0.3, -0.25) is 0 Å². The molecule has 0 fully saturated rings. The zero-order valence-electron chi connectivity index (χ0n) is 15.5. The summed E-state index contributed by atoms with van der Waals surface area (Å²) in [5.41, 5.74) is 10.7. The SMILES string of the molecule is Cc1ccccc1NC(=O)Nc1ccc(-c2c(C)oc3ncnc(N)c23)cc1. The van der Waals surface area contributed by atoms with Crippen LogP contribution in [0.1, 0.15) is 11.3 Å². The van der Waals surface area contributed by atoms with Crippen molar-refractivity contribution in [3.8, 4) is 11.1 Å². The number of aromatic nitrogens is 2. The van der Waals surface area contributed by atoms with E-state index in [0.29, 0.717) is 28.4 Å². The highest BCUT2D eigenvalue weighted by molar-refractivity contribution is 6.02. The molecule has 0 aliphatic rings. The first-order valence-corrected chi connectivity index (χ1v) is 8.76. The van der Waals surface area contributed by atoms with Crippen molar-refractivity contribution < 1.29 is 9.21 Å². The summed E-state index contributed by atoms with van der Waals surface area (Å²) in [5, 5.41) is 6.37. The molecule has 0 saturated carbocycles. The lowest BCUT2D eigenvalue weighted by molar-refractivity contribution is 0.262. The Labute approximate surface area is 161 Å². The van der Waals surface area contributed by atoms with E-state index in [1.807, 2.05) is 62.4 Å². The Kier molecular flexibility index (Phi) is 4.41. The van der Waals surface area contributed by atoms with Gasteiger partial charge in [0.2, 0.25) is 5.71 Å². The van der Waals surface area contributed by atoms with Gasteiger partial charge in [0.05, 0.1) is 5.39 Å². The predicted molar refractivity (Wildman–Crippen MR) is 110 cm³/mol. The summed E-state index contributed by atoms with van der Waals surface area (Å²) < 4.78 is 5.70. The number of urea groups is 1. The molecule has 2 amide bonds. The van der Waals surface area contributed by atoms with Crippen LogP contribution in [-0.4, -0.2) is 16.0 Å². The van der Waals surface area contributed by atoms with Crippen LogP contribution in [-0.2, 0) is 0 Å². The van der Waals surface area contributed by atoms with E-state index in [0.717, 1.165) is 22.4 Å². The second-order valence-corrected chi connectivity index (χ2v) is 6.44. The zero-order valence-corrected chi connectivity index (χ0v) is 15.5. The number of nitrogens with two attached hydrogens (primary N) is 1. The minimum atomic E-state index is -0.301. The van der Waals surface area contributed by atoms with Crippen LogP contribution in [0.25, 0.3) is 22.2 Å². The van der Waals surface area contributed by atoms with Gasteiger partial charge in [0.15, 0.2) is 0 Å². The molecule has 4 rings (SSSR count). The number of nitrogens with one attached hydrogen (secondary N) is 2. The molecule has 140 valence electrons. The summed E-state index contributed by atoms with van der Waals surface area (Å²) in [4.78, 5) is 20.4. The number of para-hydroxylation sites is 1. The maximum atomic E-state index is 12.3. The molecule has 0 aliphatic heterocycles. The third kappa shape index (κ3) is 3.25. The molecule has 0 bridgehead atoms. The number of anilines is 3. The van der Waals surface area contributed by atoms with E-state index in [1.165, 1.54) is 6.33 Å². The molecule has 28 heavy (non-hydrogen) atoms. The lowest BCUT2D eigenvalue weighted by atomic mass is 10.0. The number of nitrogen functional groups attached to an aromatic ring is 1. The molecule has 7 heteroatoms. The lowest BCUT2D eigenvalue weighted by Gasteiger charge is -2.10. The number of amides is 2. The second kappa shape index (κ2) is 7.03. The van der Waals surface area contributed by atoms with Gasteiger partial charge in [0.25, 0.3) is 0 Å². The molecule has 0 aliphatic carbocycles. The Bertz CT molecular complexity index is 1170. The number of hydrogen-bond donors (Lipinski definition) is 3. The fraction of sp³-hybridized carbons (Fsp3) is 0.0952. The first-order valence-electron chi connectivity index (χ1n) is 8.76. The monoisotopic (exact) mass is 373 g/mol. The normalized spacial score (nSPS) is 10.8. The van der Waals surface area contributed by atoms with Crippen LogP contribution in [0.15, 0.2) is 59.3 Å². The van der Waals surface area contributed by atoms with Crippen molar-refractivity contribution in [2.24, 2.45) is 0 Å². The molecule has 2 aromatic heterocycles. The van der Waals surface area contributed by atoms with Gasteiger partial charge < -0.3 is 20.8 Å². The molecular formula is C21H19N5O2. The number of hydrogen-bond acceptors (Lipinski definition) is 5. The molecular weight excluding hydrogens is 354 g/mol. The molecule has 0 spiro atoms. The van der Waals surface area contributed by atoms with Crippen molar-refractivity contribution in [1.29, 1.82) is 0 Å². The van der Waals surface area contributed by atoms with Crippen LogP contribution >= 0.6 is 0 Å². The second-order valence-electron chi connectivity index (χ2n) is 6.44. The smallest absolute Gasteiger partial charge is 0.323 e. The summed E-state index contributed by atoms with van der Waals surface area (Å²) in [7, 11) is 0. The average molecular weight is 373 g/mol. The van der Waals surface area contributed by atoms with Gasteiger partial charge in [-0.05, 0) is 43.2 Å². The average Bonchev–Trinajstić information content (AvgIpc) is 3.01. The maximum Gasteiger partial charge on any atom is 0.323 e. The Hall–Kier alpha value is -3.87. The van der Waals surface area contributed by atoms with E-state index < -0.39 is 0 Å². The van der Waals surface area contributed by atoms with Crippen molar-refractivity contribution in [2.75, 3.05) is 16.4 Å². The lowest BCUT2D eigenvalue weighted by Crippen LogP contribution is -2.19. The van der Waals surface area contributed by atoms with E-state index in [1.54, 1.807) is 0 Å². The molecule has 0 atom stereocenters. The molecule has 0 saturated heterocycles. The maximum absolute atomic E-state index is 12.3. The quantitative estimate of drug-likeness (QED) is 0.481. The highest BCUT2D eigenvalue weighted by atomic mass is 16.3. The molecule has 4 N–H and O–H groups in total. The first-order chi connectivity index (χ1) is 13.5. The van der Waals surface area contributed by atoms with E-state index in [-0.39, 0.29) is 6.03 Å².